The molecule has 6 rings (SSSR count). The normalized spacial score (nSPS) is 12.7. The van der Waals surface area contributed by atoms with E-state index in [-0.39, 0.29) is 40.5 Å². The third kappa shape index (κ3) is 13.9. The molecular formula is C33H45N7O11S2. The van der Waals surface area contributed by atoms with Gasteiger partial charge >= 0.3 is 17.5 Å². The van der Waals surface area contributed by atoms with Crippen LogP contribution in [-0.2, 0) is 33.1 Å². The van der Waals surface area contributed by atoms with E-state index in [1.54, 1.807) is 6.07 Å². The number of anilines is 1. The maximum atomic E-state index is 11.7. The third-order valence-corrected chi connectivity index (χ3v) is 8.98. The van der Waals surface area contributed by atoms with Crippen LogP contribution in [0.5, 0.6) is 11.5 Å². The molecule has 0 bridgehead atoms. The van der Waals surface area contributed by atoms with Crippen molar-refractivity contribution < 1.29 is 55.8 Å². The molecule has 4 aromatic rings. The number of benzene rings is 3. The van der Waals surface area contributed by atoms with Gasteiger partial charge in [0.05, 0.1) is 9.79 Å². The van der Waals surface area contributed by atoms with Crippen LogP contribution < -0.4 is 53.8 Å². The number of aryl methyl sites for hydroxylation is 3. The second-order valence-corrected chi connectivity index (χ2v) is 14.0. The van der Waals surface area contributed by atoms with Crippen molar-refractivity contribution in [1.82, 2.24) is 0 Å². The molecule has 0 atom stereocenters. The predicted octanol–water partition coefficient (Wildman–Crippen LogP) is -2.60. The van der Waals surface area contributed by atoms with Gasteiger partial charge in [-0.25, -0.2) is 21.6 Å². The van der Waals surface area contributed by atoms with Crippen molar-refractivity contribution in [3.63, 3.8) is 0 Å². The molecular weight excluding hydrogens is 735 g/mol. The number of aliphatic hydroxyl groups excluding tert-OH is 1. The lowest BCUT2D eigenvalue weighted by Crippen LogP contribution is -2.51. The molecule has 290 valence electrons. The fourth-order valence-electron chi connectivity index (χ4n) is 5.35. The highest BCUT2D eigenvalue weighted by Crippen LogP contribution is 2.40. The van der Waals surface area contributed by atoms with Crippen LogP contribution in [0, 0.1) is 6.92 Å². The predicted molar refractivity (Wildman–Crippen MR) is 195 cm³/mol. The first kappa shape index (κ1) is 43.8. The Hall–Kier alpha value is -5.41. The minimum atomic E-state index is -4.49. The van der Waals surface area contributed by atoms with Crippen molar-refractivity contribution >= 4 is 48.8 Å². The van der Waals surface area contributed by atoms with Crippen LogP contribution in [0.25, 0.3) is 11.0 Å². The van der Waals surface area contributed by atoms with Gasteiger partial charge in [-0.15, -0.1) is 0 Å². The summed E-state index contributed by atoms with van der Waals surface area (Å²) in [5.41, 5.74) is 24.0. The first-order valence-corrected chi connectivity index (χ1v) is 18.6. The summed E-state index contributed by atoms with van der Waals surface area (Å²) in [7, 11) is -7.98. The lowest BCUT2D eigenvalue weighted by molar-refractivity contribution is -0.117. The first-order valence-electron chi connectivity index (χ1n) is 15.8. The zero-order valence-corrected chi connectivity index (χ0v) is 30.8. The van der Waals surface area contributed by atoms with Crippen LogP contribution in [0.1, 0.15) is 29.5 Å². The number of hydrogen-bond donors (Lipinski definition) is 7. The number of nitrogens with zero attached hydrogens (tertiary/aromatic N) is 1. The van der Waals surface area contributed by atoms with Crippen molar-refractivity contribution in [2.75, 3.05) is 38.3 Å². The SMILES string of the molecule is CO.Cc1cc(=O)oc2c3c4c(cc12)CCCN4CCC3.NC(N)=[NH2+].NC(N)=[NH2+].O=S(=O)([O-])c1ccc(OCCOc2ccc(S(=O)(=O)[O-])cc2)cc1. The molecule has 20 heteroatoms. The van der Waals surface area contributed by atoms with Crippen LogP contribution in [0.2, 0.25) is 0 Å². The van der Waals surface area contributed by atoms with E-state index in [1.165, 1.54) is 47.5 Å². The number of rotatable bonds is 7. The minimum Gasteiger partial charge on any atom is -0.744 e. The quantitative estimate of drug-likeness (QED) is 0.0332. The molecule has 0 saturated carbocycles. The van der Waals surface area contributed by atoms with Crippen LogP contribution in [-0.4, -0.2) is 76.4 Å². The summed E-state index contributed by atoms with van der Waals surface area (Å²) in [5, 5.41) is 17.3. The van der Waals surface area contributed by atoms with Gasteiger partial charge in [0, 0.05) is 42.9 Å². The van der Waals surface area contributed by atoms with E-state index < -0.39 is 20.2 Å². The second-order valence-electron chi connectivity index (χ2n) is 11.2. The summed E-state index contributed by atoms with van der Waals surface area (Å²) < 4.78 is 80.8. The molecule has 0 saturated heterocycles. The van der Waals surface area contributed by atoms with Crippen LogP contribution >= 0.6 is 0 Å². The fourth-order valence-corrected chi connectivity index (χ4v) is 6.29. The van der Waals surface area contributed by atoms with E-state index in [0.29, 0.717) is 11.5 Å². The topological polar surface area (TPSA) is 342 Å². The maximum absolute atomic E-state index is 11.7. The second kappa shape index (κ2) is 20.0. The maximum Gasteiger partial charge on any atom is 0.336 e. The molecule has 18 nitrogen and oxygen atoms in total. The van der Waals surface area contributed by atoms with Gasteiger partial charge in [0.2, 0.25) is 0 Å². The third-order valence-electron chi connectivity index (χ3n) is 7.28. The largest absolute Gasteiger partial charge is 0.744 e. The fraction of sp³-hybridized carbons (Fsp3) is 0.303. The van der Waals surface area contributed by atoms with Crippen LogP contribution in [0.3, 0.4) is 0 Å². The zero-order chi connectivity index (χ0) is 39.9. The Morgan fingerprint density at radius 1 is 0.792 bits per heavy atom. The molecule has 1 aromatic heterocycles. The van der Waals surface area contributed by atoms with E-state index in [9.17, 15) is 30.7 Å². The molecule has 3 heterocycles. The van der Waals surface area contributed by atoms with Crippen LogP contribution in [0.4, 0.5) is 5.69 Å². The molecule has 13 N–H and O–H groups in total. The molecule has 0 aliphatic carbocycles. The Balaban J connectivity index is 0.000000297. The number of aliphatic hydroxyl groups is 1. The molecule has 53 heavy (non-hydrogen) atoms. The molecule has 3 aromatic carbocycles. The Kier molecular flexibility index (Phi) is 16.5. The number of ether oxygens (including phenoxy) is 2. The highest BCUT2D eigenvalue weighted by Gasteiger charge is 2.27. The van der Waals surface area contributed by atoms with E-state index in [2.05, 4.69) is 44.7 Å². The smallest absolute Gasteiger partial charge is 0.336 e. The van der Waals surface area contributed by atoms with E-state index in [4.69, 9.17) is 19.0 Å². The van der Waals surface area contributed by atoms with Crippen molar-refractivity contribution in [3.8, 4) is 11.5 Å². The average Bonchev–Trinajstić information content (AvgIpc) is 3.08. The molecule has 2 aliphatic rings. The summed E-state index contributed by atoms with van der Waals surface area (Å²) in [5.74, 6) is 0.553. The zero-order valence-electron chi connectivity index (χ0n) is 29.2. The van der Waals surface area contributed by atoms with Gasteiger partial charge in [-0.3, -0.25) is 33.8 Å². The lowest BCUT2D eigenvalue weighted by Gasteiger charge is -2.37. The molecule has 0 spiro atoms. The van der Waals surface area contributed by atoms with Crippen molar-refractivity contribution in [3.05, 3.63) is 87.8 Å². The van der Waals surface area contributed by atoms with E-state index in [1.807, 2.05) is 6.92 Å². The minimum absolute atomic E-state index is 0.0833. The van der Waals surface area contributed by atoms with Crippen molar-refractivity contribution in [2.24, 2.45) is 22.9 Å². The van der Waals surface area contributed by atoms with Gasteiger partial charge in [-0.2, -0.15) is 0 Å². The Labute approximate surface area is 306 Å². The first-order chi connectivity index (χ1) is 24.9. The van der Waals surface area contributed by atoms with Gasteiger partial charge in [0.15, 0.2) is 0 Å². The summed E-state index contributed by atoms with van der Waals surface area (Å²) in [6, 6.07) is 13.8. The van der Waals surface area contributed by atoms with Gasteiger partial charge < -0.3 is 33.0 Å². The standard InChI is InChI=1S/C16H17NO2.C14H14O8S2.2CH5N3.CH4O/c1-10-8-14(18)19-16-12-5-3-7-17-6-2-4-11(15(12)17)9-13(10)16;15-23(16,17)13-5-1-11(2-6-13)21-9-10-22-12-3-7-14(8-4-12)24(18,19)20;2*2-1(3)4;1-2/h8-9H,2-7H2,1H3;1-8H,9-10H2,(H,15,16,17)(H,18,19,20);2*(H5,2,3,4);2H,1H3. The van der Waals surface area contributed by atoms with Crippen molar-refractivity contribution in [1.29, 1.82) is 0 Å². The number of fused-ring (bicyclic) bond motifs is 2. The molecule has 0 radical (unpaired) electrons. The summed E-state index contributed by atoms with van der Waals surface area (Å²) >= 11 is 0. The Morgan fingerprint density at radius 3 is 1.62 bits per heavy atom. The summed E-state index contributed by atoms with van der Waals surface area (Å²) in [4.78, 5) is 13.4. The number of guanidine groups is 2. The number of nitrogens with two attached hydrogens (primary N) is 6. The van der Waals surface area contributed by atoms with Gasteiger partial charge in [0.1, 0.15) is 50.5 Å². The van der Waals surface area contributed by atoms with Gasteiger partial charge in [0.25, 0.3) is 0 Å². The molecule has 0 amide bonds. The Bertz CT molecular complexity index is 2030. The van der Waals surface area contributed by atoms with Gasteiger partial charge in [-0.05, 0) is 98.3 Å². The Morgan fingerprint density at radius 2 is 1.21 bits per heavy atom. The lowest BCUT2D eigenvalue weighted by atomic mass is 9.89. The number of hydrogen-bond acceptors (Lipinski definition) is 12. The monoisotopic (exact) mass is 779 g/mol. The van der Waals surface area contributed by atoms with Gasteiger partial charge in [-0.1, -0.05) is 0 Å². The van der Waals surface area contributed by atoms with E-state index in [0.717, 1.165) is 80.3 Å². The van der Waals surface area contributed by atoms with Crippen LogP contribution in [0.15, 0.2) is 79.7 Å². The highest BCUT2D eigenvalue weighted by molar-refractivity contribution is 7.86. The molecule has 0 fully saturated rings. The average molecular weight is 780 g/mol. The van der Waals surface area contributed by atoms with Crippen molar-refractivity contribution in [2.45, 2.75) is 42.4 Å². The van der Waals surface area contributed by atoms with E-state index >= 15 is 0 Å². The summed E-state index contributed by atoms with van der Waals surface area (Å²) in [6.45, 7) is 4.54. The molecule has 2 aliphatic heterocycles. The summed E-state index contributed by atoms with van der Waals surface area (Å²) in [6.07, 6.45) is 4.56. The molecule has 0 unspecified atom stereocenters. The highest BCUT2D eigenvalue weighted by atomic mass is 32.2.